The average Bonchev–Trinajstić information content (AvgIpc) is 2.98. The van der Waals surface area contributed by atoms with Gasteiger partial charge in [0, 0.05) is 0 Å². The molecule has 0 aromatic heterocycles. The summed E-state index contributed by atoms with van der Waals surface area (Å²) in [7, 11) is 0. The molecule has 0 N–H and O–H groups in total. The molecule has 0 saturated carbocycles. The third-order valence-corrected chi connectivity index (χ3v) is 4.57. The van der Waals surface area contributed by atoms with Crippen molar-refractivity contribution in [2.24, 2.45) is 15.3 Å². The monoisotopic (exact) mass is 390 g/mol. The Morgan fingerprint density at radius 1 is 1.14 bits per heavy atom. The van der Waals surface area contributed by atoms with Crippen LogP contribution in [0.25, 0.3) is 0 Å². The predicted molar refractivity (Wildman–Crippen MR) is 116 cm³/mol. The van der Waals surface area contributed by atoms with Crippen molar-refractivity contribution in [1.82, 2.24) is 0 Å². The zero-order chi connectivity index (χ0) is 21.0. The number of nitrogens with zero attached hydrogens (tertiary/aromatic N) is 4. The Balaban J connectivity index is 1.71. The maximum absolute atomic E-state index is 12.8. The fraction of sp³-hybridized carbons (Fsp3) is 0.304. The molecule has 1 heterocycles. The highest BCUT2D eigenvalue weighted by atomic mass is 16.5. The molecule has 0 bridgehead atoms. The van der Waals surface area contributed by atoms with E-state index in [1.807, 2.05) is 24.3 Å². The van der Waals surface area contributed by atoms with Gasteiger partial charge in [-0.05, 0) is 54.3 Å². The number of azo groups is 1. The second kappa shape index (κ2) is 8.39. The number of hydrazone groups is 1. The van der Waals surface area contributed by atoms with Crippen LogP contribution >= 0.6 is 0 Å². The Labute approximate surface area is 171 Å². The first-order chi connectivity index (χ1) is 13.8. The number of benzene rings is 2. The van der Waals surface area contributed by atoms with Crippen molar-refractivity contribution in [1.29, 1.82) is 0 Å². The Bertz CT molecular complexity index is 938. The molecule has 2 aromatic carbocycles. The van der Waals surface area contributed by atoms with E-state index >= 15 is 0 Å². The van der Waals surface area contributed by atoms with Crippen molar-refractivity contribution >= 4 is 23.0 Å². The van der Waals surface area contributed by atoms with E-state index in [0.717, 1.165) is 0 Å². The minimum absolute atomic E-state index is 0.0765. The van der Waals surface area contributed by atoms with Gasteiger partial charge in [-0.25, -0.2) is 0 Å². The number of hydrogen-bond acceptors (Lipinski definition) is 5. The minimum atomic E-state index is -0.714. The number of ether oxygens (including phenoxy) is 1. The number of hydrogen-bond donors (Lipinski definition) is 0. The van der Waals surface area contributed by atoms with Crippen LogP contribution < -0.4 is 9.75 Å². The van der Waals surface area contributed by atoms with Gasteiger partial charge >= 0.3 is 0 Å². The van der Waals surface area contributed by atoms with E-state index in [1.54, 1.807) is 37.3 Å². The summed E-state index contributed by atoms with van der Waals surface area (Å²) >= 11 is 0. The largest absolute Gasteiger partial charge is 0.490 e. The van der Waals surface area contributed by atoms with Crippen LogP contribution in [0, 0.1) is 0 Å². The summed E-state index contributed by atoms with van der Waals surface area (Å²) in [5, 5.41) is 14.2. The Morgan fingerprint density at radius 3 is 2.38 bits per heavy atom. The maximum Gasteiger partial charge on any atom is 0.280 e. The van der Waals surface area contributed by atoms with Gasteiger partial charge in [-0.2, -0.15) is 20.3 Å². The average molecular weight is 390 g/mol. The SMILES string of the molecule is C=CCOc1ccc(N2N=C(C)C(N=Nc3ccc(C(C)(C)C)cc3)C2=O)cc1. The van der Waals surface area contributed by atoms with Gasteiger partial charge in [0.2, 0.25) is 0 Å². The number of carbonyl (C=O) groups excluding carboxylic acids is 1. The van der Waals surface area contributed by atoms with Crippen molar-refractivity contribution < 1.29 is 9.53 Å². The normalized spacial score (nSPS) is 17.0. The molecule has 29 heavy (non-hydrogen) atoms. The summed E-state index contributed by atoms with van der Waals surface area (Å²) in [5.74, 6) is 0.480. The lowest BCUT2D eigenvalue weighted by atomic mass is 9.87. The third-order valence-electron chi connectivity index (χ3n) is 4.57. The van der Waals surface area contributed by atoms with Crippen LogP contribution in [0.1, 0.15) is 33.3 Å². The smallest absolute Gasteiger partial charge is 0.280 e. The van der Waals surface area contributed by atoms with Gasteiger partial charge in [0.1, 0.15) is 12.4 Å². The van der Waals surface area contributed by atoms with Gasteiger partial charge in [-0.15, -0.1) is 0 Å². The van der Waals surface area contributed by atoms with E-state index in [9.17, 15) is 4.79 Å². The zero-order valence-electron chi connectivity index (χ0n) is 17.3. The quantitative estimate of drug-likeness (QED) is 0.488. The third kappa shape index (κ3) is 4.77. The molecule has 0 fully saturated rings. The molecule has 1 atom stereocenters. The lowest BCUT2D eigenvalue weighted by molar-refractivity contribution is -0.117. The van der Waals surface area contributed by atoms with E-state index in [4.69, 9.17) is 4.74 Å². The second-order valence-electron chi connectivity index (χ2n) is 7.90. The Kier molecular flexibility index (Phi) is 5.92. The standard InChI is InChI=1S/C23H26N4O2/c1-6-15-29-20-13-11-19(12-14-20)27-22(28)21(16(2)26-27)25-24-18-9-7-17(8-10-18)23(3,4)5/h6-14,21H,1,15H2,2-5H3. The van der Waals surface area contributed by atoms with Crippen LogP contribution in [0.15, 0.2) is 76.5 Å². The number of rotatable bonds is 6. The van der Waals surface area contributed by atoms with Gasteiger partial charge in [0.25, 0.3) is 5.91 Å². The van der Waals surface area contributed by atoms with Crippen LogP contribution in [0.3, 0.4) is 0 Å². The number of amides is 1. The molecule has 150 valence electrons. The summed E-state index contributed by atoms with van der Waals surface area (Å²) in [6.07, 6.45) is 1.68. The molecule has 0 saturated heterocycles. The van der Waals surface area contributed by atoms with Gasteiger partial charge in [-0.3, -0.25) is 4.79 Å². The van der Waals surface area contributed by atoms with Crippen molar-refractivity contribution in [2.75, 3.05) is 11.6 Å². The molecule has 1 aliphatic heterocycles. The molecule has 1 amide bonds. The first-order valence-corrected chi connectivity index (χ1v) is 9.54. The van der Waals surface area contributed by atoms with E-state index in [2.05, 4.69) is 42.7 Å². The molecular weight excluding hydrogens is 364 g/mol. The van der Waals surface area contributed by atoms with Crippen LogP contribution in [0.4, 0.5) is 11.4 Å². The van der Waals surface area contributed by atoms with E-state index in [0.29, 0.717) is 29.4 Å². The van der Waals surface area contributed by atoms with Crippen molar-refractivity contribution in [3.05, 3.63) is 66.7 Å². The van der Waals surface area contributed by atoms with Gasteiger partial charge < -0.3 is 4.74 Å². The van der Waals surface area contributed by atoms with E-state index in [1.165, 1.54) is 10.6 Å². The van der Waals surface area contributed by atoms with Gasteiger partial charge in [0.05, 0.1) is 17.1 Å². The summed E-state index contributed by atoms with van der Waals surface area (Å²) in [4.78, 5) is 12.8. The van der Waals surface area contributed by atoms with E-state index < -0.39 is 6.04 Å². The molecule has 0 radical (unpaired) electrons. The zero-order valence-corrected chi connectivity index (χ0v) is 17.3. The van der Waals surface area contributed by atoms with Crippen molar-refractivity contribution in [3.63, 3.8) is 0 Å². The van der Waals surface area contributed by atoms with Crippen LogP contribution in [-0.2, 0) is 10.2 Å². The van der Waals surface area contributed by atoms with Gasteiger partial charge in [-0.1, -0.05) is 45.6 Å². The number of carbonyl (C=O) groups is 1. The van der Waals surface area contributed by atoms with Crippen LogP contribution in [0.5, 0.6) is 5.75 Å². The number of anilines is 1. The highest BCUT2D eigenvalue weighted by Gasteiger charge is 2.34. The summed E-state index contributed by atoms with van der Waals surface area (Å²) in [6.45, 7) is 12.3. The predicted octanol–water partition coefficient (Wildman–Crippen LogP) is 5.42. The molecule has 0 spiro atoms. The highest BCUT2D eigenvalue weighted by molar-refractivity contribution is 6.18. The minimum Gasteiger partial charge on any atom is -0.490 e. The first kappa shape index (κ1) is 20.5. The fourth-order valence-electron chi connectivity index (χ4n) is 2.87. The lowest BCUT2D eigenvalue weighted by Crippen LogP contribution is -2.29. The Morgan fingerprint density at radius 2 is 1.79 bits per heavy atom. The summed E-state index contributed by atoms with van der Waals surface area (Å²) in [5.41, 5.74) is 3.27. The fourth-order valence-corrected chi connectivity index (χ4v) is 2.87. The molecule has 0 aliphatic carbocycles. The Hall–Kier alpha value is -3.28. The summed E-state index contributed by atoms with van der Waals surface area (Å²) in [6, 6.07) is 14.4. The second-order valence-corrected chi connectivity index (χ2v) is 7.90. The van der Waals surface area contributed by atoms with Crippen molar-refractivity contribution in [3.8, 4) is 5.75 Å². The molecule has 3 rings (SSSR count). The summed E-state index contributed by atoms with van der Waals surface area (Å²) < 4.78 is 5.47. The molecule has 6 nitrogen and oxygen atoms in total. The maximum atomic E-state index is 12.8. The lowest BCUT2D eigenvalue weighted by Gasteiger charge is -2.18. The topological polar surface area (TPSA) is 66.6 Å². The van der Waals surface area contributed by atoms with Gasteiger partial charge in [0.15, 0.2) is 6.04 Å². The van der Waals surface area contributed by atoms with Crippen LogP contribution in [-0.4, -0.2) is 24.3 Å². The first-order valence-electron chi connectivity index (χ1n) is 9.54. The van der Waals surface area contributed by atoms with E-state index in [-0.39, 0.29) is 11.3 Å². The molecule has 2 aromatic rings. The molecule has 1 aliphatic rings. The molecular formula is C23H26N4O2. The molecule has 6 heteroatoms. The van der Waals surface area contributed by atoms with Crippen LogP contribution in [0.2, 0.25) is 0 Å². The molecule has 1 unspecified atom stereocenters. The highest BCUT2D eigenvalue weighted by Crippen LogP contribution is 2.27. The van der Waals surface area contributed by atoms with Crippen molar-refractivity contribution in [2.45, 2.75) is 39.2 Å².